The van der Waals surface area contributed by atoms with Crippen molar-refractivity contribution in [2.75, 3.05) is 11.5 Å². The zero-order valence-electron chi connectivity index (χ0n) is 10.5. The first-order valence-electron chi connectivity index (χ1n) is 6.16. The van der Waals surface area contributed by atoms with Gasteiger partial charge in [-0.1, -0.05) is 0 Å². The van der Waals surface area contributed by atoms with Crippen LogP contribution in [0.2, 0.25) is 0 Å². The summed E-state index contributed by atoms with van der Waals surface area (Å²) in [5, 5.41) is 2.70. The molecule has 2 aromatic rings. The summed E-state index contributed by atoms with van der Waals surface area (Å²) in [6.07, 6.45) is 0.442. The number of rotatable bonds is 2. The van der Waals surface area contributed by atoms with Crippen molar-refractivity contribution in [3.8, 4) is 0 Å². The van der Waals surface area contributed by atoms with Crippen molar-refractivity contribution in [2.45, 2.75) is 12.5 Å². The number of nitrogens with one attached hydrogen (secondary N) is 3. The summed E-state index contributed by atoms with van der Waals surface area (Å²) in [5.74, 6) is -0.236. The van der Waals surface area contributed by atoms with Gasteiger partial charge in [-0.2, -0.15) is 0 Å². The molecule has 2 heterocycles. The number of hydrogen-bond donors (Lipinski definition) is 3. The second kappa shape index (κ2) is 4.48. The van der Waals surface area contributed by atoms with Crippen molar-refractivity contribution in [3.63, 3.8) is 0 Å². The first-order valence-corrected chi connectivity index (χ1v) is 7.98. The van der Waals surface area contributed by atoms with E-state index in [1.54, 1.807) is 18.2 Å². The fourth-order valence-corrected chi connectivity index (χ4v) is 4.02. The van der Waals surface area contributed by atoms with Gasteiger partial charge in [-0.15, -0.1) is 0 Å². The summed E-state index contributed by atoms with van der Waals surface area (Å²) in [5.41, 5.74) is 1.22. The summed E-state index contributed by atoms with van der Waals surface area (Å²) >= 11 is 0. The average Bonchev–Trinajstić information content (AvgIpc) is 2.89. The fraction of sp³-hybridized carbons (Fsp3) is 0.333. The minimum absolute atomic E-state index is 0.0119. The van der Waals surface area contributed by atoms with E-state index in [9.17, 15) is 18.0 Å². The smallest absolute Gasteiger partial charge is 0.323 e. The molecule has 1 aliphatic rings. The van der Waals surface area contributed by atoms with Gasteiger partial charge < -0.3 is 15.3 Å². The topological polar surface area (TPSA) is 112 Å². The maximum Gasteiger partial charge on any atom is 0.323 e. The van der Waals surface area contributed by atoms with Gasteiger partial charge in [-0.05, 0) is 24.6 Å². The molecular formula is C12H13N3O4S. The van der Waals surface area contributed by atoms with E-state index >= 15 is 0 Å². The molecule has 1 atom stereocenters. The molecule has 3 rings (SSSR count). The number of benzene rings is 1. The van der Waals surface area contributed by atoms with Crippen molar-refractivity contribution in [1.82, 2.24) is 15.3 Å². The Hall–Kier alpha value is -2.09. The van der Waals surface area contributed by atoms with Crippen LogP contribution in [0.5, 0.6) is 0 Å². The first kappa shape index (κ1) is 12.9. The van der Waals surface area contributed by atoms with Gasteiger partial charge in [0.1, 0.15) is 0 Å². The maximum atomic E-state index is 12.1. The fourth-order valence-electron chi connectivity index (χ4n) is 2.35. The second-order valence-electron chi connectivity index (χ2n) is 4.91. The standard InChI is InChI=1S/C12H13N3O4S/c16-11(13-8-3-4-20(18,19)6-8)7-1-2-9-10(5-7)15-12(17)14-9/h1-2,5,8H,3-4,6H2,(H,13,16)(H2,14,15,17). The predicted molar refractivity (Wildman–Crippen MR) is 73.4 cm³/mol. The summed E-state index contributed by atoms with van der Waals surface area (Å²) < 4.78 is 22.7. The molecule has 0 radical (unpaired) electrons. The van der Waals surface area contributed by atoms with E-state index in [1.807, 2.05) is 0 Å². The van der Waals surface area contributed by atoms with Crippen LogP contribution in [0.15, 0.2) is 23.0 Å². The Morgan fingerprint density at radius 1 is 1.25 bits per heavy atom. The highest BCUT2D eigenvalue weighted by molar-refractivity contribution is 7.91. The Bertz CT molecular complexity index is 834. The third-order valence-corrected chi connectivity index (χ3v) is 5.11. The molecule has 20 heavy (non-hydrogen) atoms. The van der Waals surface area contributed by atoms with Crippen molar-refractivity contribution < 1.29 is 13.2 Å². The van der Waals surface area contributed by atoms with Crippen molar-refractivity contribution >= 4 is 26.8 Å². The van der Waals surface area contributed by atoms with E-state index in [4.69, 9.17) is 0 Å². The van der Waals surface area contributed by atoms with Crippen molar-refractivity contribution in [1.29, 1.82) is 0 Å². The molecule has 7 nitrogen and oxygen atoms in total. The van der Waals surface area contributed by atoms with Crippen molar-refractivity contribution in [3.05, 3.63) is 34.2 Å². The van der Waals surface area contributed by atoms with Crippen LogP contribution in [-0.4, -0.2) is 41.8 Å². The number of fused-ring (bicyclic) bond motifs is 1. The highest BCUT2D eigenvalue weighted by Crippen LogP contribution is 2.14. The first-order chi connectivity index (χ1) is 9.43. The SMILES string of the molecule is O=C(NC1CCS(=O)(=O)C1)c1ccc2[nH]c(=O)[nH]c2c1. The molecule has 1 amide bonds. The van der Waals surface area contributed by atoms with Crippen molar-refractivity contribution in [2.24, 2.45) is 0 Å². The summed E-state index contributed by atoms with van der Waals surface area (Å²) in [4.78, 5) is 28.4. The zero-order chi connectivity index (χ0) is 14.3. The van der Waals surface area contributed by atoms with Gasteiger partial charge in [-0.25, -0.2) is 13.2 Å². The lowest BCUT2D eigenvalue weighted by atomic mass is 10.1. The van der Waals surface area contributed by atoms with Crippen LogP contribution < -0.4 is 11.0 Å². The number of imidazole rings is 1. The van der Waals surface area contributed by atoms with E-state index in [0.717, 1.165) is 0 Å². The monoisotopic (exact) mass is 295 g/mol. The summed E-state index contributed by atoms with van der Waals surface area (Å²) in [6, 6.07) is 4.44. The predicted octanol–water partition coefficient (Wildman–Crippen LogP) is -0.227. The van der Waals surface area contributed by atoms with Crippen LogP contribution >= 0.6 is 0 Å². The Morgan fingerprint density at radius 2 is 2.00 bits per heavy atom. The number of hydrogen-bond acceptors (Lipinski definition) is 4. The number of H-pyrrole nitrogens is 2. The largest absolute Gasteiger partial charge is 0.348 e. The van der Waals surface area contributed by atoms with E-state index in [-0.39, 0.29) is 29.1 Å². The van der Waals surface area contributed by atoms with Crippen LogP contribution in [0, 0.1) is 0 Å². The molecule has 106 valence electrons. The lowest BCUT2D eigenvalue weighted by Gasteiger charge is -2.10. The third kappa shape index (κ3) is 2.46. The lowest BCUT2D eigenvalue weighted by Crippen LogP contribution is -2.35. The molecule has 1 aliphatic heterocycles. The Labute approximate surface area is 114 Å². The van der Waals surface area contributed by atoms with Gasteiger partial charge in [0.25, 0.3) is 5.91 Å². The molecule has 0 bridgehead atoms. The quantitative estimate of drug-likeness (QED) is 0.710. The van der Waals surface area contributed by atoms with Gasteiger partial charge in [0.15, 0.2) is 9.84 Å². The lowest BCUT2D eigenvalue weighted by molar-refractivity contribution is 0.0941. The van der Waals surface area contributed by atoms with Gasteiger partial charge in [-0.3, -0.25) is 4.79 Å². The highest BCUT2D eigenvalue weighted by Gasteiger charge is 2.29. The molecule has 8 heteroatoms. The van der Waals surface area contributed by atoms with Crippen LogP contribution in [-0.2, 0) is 9.84 Å². The highest BCUT2D eigenvalue weighted by atomic mass is 32.2. The molecule has 1 aromatic carbocycles. The molecule has 0 aliphatic carbocycles. The van der Waals surface area contributed by atoms with E-state index in [1.165, 1.54) is 0 Å². The molecule has 1 saturated heterocycles. The van der Waals surface area contributed by atoms with Crippen LogP contribution in [0.3, 0.4) is 0 Å². The molecule has 3 N–H and O–H groups in total. The molecule has 0 saturated carbocycles. The number of carbonyl (C=O) groups is 1. The summed E-state index contributed by atoms with van der Waals surface area (Å²) in [6.45, 7) is 0. The minimum Gasteiger partial charge on any atom is -0.348 e. The molecule has 1 fully saturated rings. The van der Waals surface area contributed by atoms with E-state index in [2.05, 4.69) is 15.3 Å². The Morgan fingerprint density at radius 3 is 2.70 bits per heavy atom. The Balaban J connectivity index is 1.80. The zero-order valence-corrected chi connectivity index (χ0v) is 11.3. The third-order valence-electron chi connectivity index (χ3n) is 3.35. The normalized spacial score (nSPS) is 21.1. The van der Waals surface area contributed by atoms with E-state index in [0.29, 0.717) is 23.0 Å². The van der Waals surface area contributed by atoms with Gasteiger partial charge in [0.05, 0.1) is 22.5 Å². The van der Waals surface area contributed by atoms with Gasteiger partial charge in [0.2, 0.25) is 0 Å². The average molecular weight is 295 g/mol. The Kier molecular flexibility index (Phi) is 2.89. The number of sulfone groups is 1. The summed E-state index contributed by atoms with van der Waals surface area (Å²) in [7, 11) is -3.02. The van der Waals surface area contributed by atoms with E-state index < -0.39 is 9.84 Å². The minimum atomic E-state index is -3.02. The molecular weight excluding hydrogens is 282 g/mol. The molecule has 1 aromatic heterocycles. The number of amides is 1. The van der Waals surface area contributed by atoms with Crippen LogP contribution in [0.4, 0.5) is 0 Å². The maximum absolute atomic E-state index is 12.1. The number of aromatic amines is 2. The van der Waals surface area contributed by atoms with Gasteiger partial charge >= 0.3 is 5.69 Å². The number of aromatic nitrogens is 2. The van der Waals surface area contributed by atoms with Gasteiger partial charge in [0, 0.05) is 11.6 Å². The van der Waals surface area contributed by atoms with Crippen LogP contribution in [0.25, 0.3) is 11.0 Å². The molecule has 0 spiro atoms. The molecule has 1 unspecified atom stereocenters. The van der Waals surface area contributed by atoms with Crippen LogP contribution in [0.1, 0.15) is 16.8 Å². The second-order valence-corrected chi connectivity index (χ2v) is 7.14. The number of carbonyl (C=O) groups excluding carboxylic acids is 1.